The molecular formula is C18H27NO5. The zero-order valence-corrected chi connectivity index (χ0v) is 14.5. The fourth-order valence-corrected chi connectivity index (χ4v) is 3.03. The Bertz CT molecular complexity index is 483. The lowest BCUT2D eigenvalue weighted by Gasteiger charge is -2.41. The van der Waals surface area contributed by atoms with Crippen molar-refractivity contribution in [2.45, 2.75) is 13.0 Å². The summed E-state index contributed by atoms with van der Waals surface area (Å²) in [6, 6.07) is 10.3. The van der Waals surface area contributed by atoms with Gasteiger partial charge in [-0.15, -0.1) is 0 Å². The lowest BCUT2D eigenvalue weighted by Crippen LogP contribution is -2.54. The van der Waals surface area contributed by atoms with Crippen molar-refractivity contribution in [3.63, 3.8) is 0 Å². The van der Waals surface area contributed by atoms with E-state index in [1.54, 1.807) is 14.2 Å². The number of Topliss-reactive ketones (excluding diaryl/α,β-unsaturated/α-hetero) is 1. The summed E-state index contributed by atoms with van der Waals surface area (Å²) in [6.45, 7) is 3.07. The molecule has 0 unspecified atom stereocenters. The zero-order chi connectivity index (χ0) is 17.3. The van der Waals surface area contributed by atoms with Crippen molar-refractivity contribution in [2.75, 3.05) is 54.1 Å². The zero-order valence-electron chi connectivity index (χ0n) is 14.5. The van der Waals surface area contributed by atoms with E-state index in [4.69, 9.17) is 18.9 Å². The van der Waals surface area contributed by atoms with E-state index in [2.05, 4.69) is 17.0 Å². The third-order valence-corrected chi connectivity index (χ3v) is 4.18. The van der Waals surface area contributed by atoms with E-state index >= 15 is 0 Å². The number of likely N-dealkylation sites (tertiary alicyclic amines) is 1. The normalized spacial score (nSPS) is 18.0. The van der Waals surface area contributed by atoms with E-state index in [1.165, 1.54) is 5.56 Å². The quantitative estimate of drug-likeness (QED) is 0.478. The van der Waals surface area contributed by atoms with E-state index in [0.717, 1.165) is 13.1 Å². The van der Waals surface area contributed by atoms with Gasteiger partial charge in [0.05, 0.1) is 18.6 Å². The van der Waals surface area contributed by atoms with Gasteiger partial charge in [-0.1, -0.05) is 30.3 Å². The Labute approximate surface area is 143 Å². The van der Waals surface area contributed by atoms with E-state index in [9.17, 15) is 4.79 Å². The highest BCUT2D eigenvalue weighted by atomic mass is 16.7. The summed E-state index contributed by atoms with van der Waals surface area (Å²) in [5.41, 5.74) is 0.556. The van der Waals surface area contributed by atoms with E-state index in [1.807, 2.05) is 18.2 Å². The molecule has 0 atom stereocenters. The van der Waals surface area contributed by atoms with E-state index < -0.39 is 5.41 Å². The van der Waals surface area contributed by atoms with Crippen LogP contribution in [-0.4, -0.2) is 64.8 Å². The van der Waals surface area contributed by atoms with Crippen LogP contribution in [-0.2, 0) is 30.3 Å². The number of nitrogens with zero attached hydrogens (tertiary/aromatic N) is 1. The molecule has 0 spiro atoms. The third kappa shape index (κ3) is 5.36. The van der Waals surface area contributed by atoms with Crippen LogP contribution in [0.1, 0.15) is 12.0 Å². The largest absolute Gasteiger partial charge is 0.359 e. The summed E-state index contributed by atoms with van der Waals surface area (Å²) in [4.78, 5) is 14.9. The molecule has 0 radical (unpaired) electrons. The summed E-state index contributed by atoms with van der Waals surface area (Å²) < 4.78 is 21.0. The lowest BCUT2D eigenvalue weighted by atomic mass is 9.80. The predicted molar refractivity (Wildman–Crippen MR) is 89.4 cm³/mol. The maximum absolute atomic E-state index is 12.6. The molecule has 6 nitrogen and oxygen atoms in total. The van der Waals surface area contributed by atoms with Crippen LogP contribution in [0.3, 0.4) is 0 Å². The number of carbonyl (C=O) groups excluding carboxylic acids is 1. The van der Waals surface area contributed by atoms with Crippen LogP contribution in [0.2, 0.25) is 0 Å². The number of methoxy groups -OCH3 is 2. The minimum absolute atomic E-state index is 0.165. The molecule has 0 aromatic heterocycles. The molecule has 1 aromatic carbocycles. The van der Waals surface area contributed by atoms with Crippen LogP contribution in [0.15, 0.2) is 30.3 Å². The highest BCUT2D eigenvalue weighted by molar-refractivity contribution is 5.86. The third-order valence-electron chi connectivity index (χ3n) is 4.18. The van der Waals surface area contributed by atoms with Crippen molar-refractivity contribution < 1.29 is 23.7 Å². The molecule has 24 heavy (non-hydrogen) atoms. The highest BCUT2D eigenvalue weighted by Gasteiger charge is 2.43. The summed E-state index contributed by atoms with van der Waals surface area (Å²) >= 11 is 0. The van der Waals surface area contributed by atoms with Crippen LogP contribution in [0.5, 0.6) is 0 Å². The Morgan fingerprint density at radius 2 is 1.67 bits per heavy atom. The Kier molecular flexibility index (Phi) is 7.81. The molecule has 1 heterocycles. The molecule has 0 bridgehead atoms. The smallest absolute Gasteiger partial charge is 0.146 e. The topological polar surface area (TPSA) is 57.2 Å². The van der Waals surface area contributed by atoms with E-state index in [0.29, 0.717) is 13.0 Å². The summed E-state index contributed by atoms with van der Waals surface area (Å²) in [5.74, 6) is 0.180. The van der Waals surface area contributed by atoms with E-state index in [-0.39, 0.29) is 32.6 Å². The molecule has 1 aromatic rings. The molecule has 1 fully saturated rings. The first-order valence-electron chi connectivity index (χ1n) is 8.13. The first-order chi connectivity index (χ1) is 11.7. The number of piperidine rings is 1. The number of ketones is 1. The molecule has 0 aliphatic carbocycles. The molecule has 0 saturated carbocycles. The standard InChI is InChI=1S/C18H27NO5/c1-21-14-23-12-18(13-24-15-22-2)11-19(9-8-17(18)20)10-16-6-4-3-5-7-16/h3-7H,8-15H2,1-2H3. The highest BCUT2D eigenvalue weighted by Crippen LogP contribution is 2.29. The molecule has 0 amide bonds. The number of ether oxygens (including phenoxy) is 4. The van der Waals surface area contributed by atoms with Crippen molar-refractivity contribution in [3.05, 3.63) is 35.9 Å². The number of benzene rings is 1. The van der Waals surface area contributed by atoms with Gasteiger partial charge in [0.15, 0.2) is 0 Å². The molecule has 1 aliphatic rings. The molecule has 6 heteroatoms. The minimum Gasteiger partial charge on any atom is -0.359 e. The van der Waals surface area contributed by atoms with Crippen molar-refractivity contribution in [1.82, 2.24) is 4.90 Å². The molecule has 0 N–H and O–H groups in total. The van der Waals surface area contributed by atoms with Gasteiger partial charge in [-0.25, -0.2) is 0 Å². The molecule has 134 valence electrons. The van der Waals surface area contributed by atoms with Gasteiger partial charge < -0.3 is 18.9 Å². The van der Waals surface area contributed by atoms with Crippen LogP contribution in [0.4, 0.5) is 0 Å². The number of rotatable bonds is 10. The van der Waals surface area contributed by atoms with Gasteiger partial charge in [0.1, 0.15) is 19.4 Å². The van der Waals surface area contributed by atoms with Gasteiger partial charge in [0.2, 0.25) is 0 Å². The fourth-order valence-electron chi connectivity index (χ4n) is 3.03. The van der Waals surface area contributed by atoms with Crippen molar-refractivity contribution in [1.29, 1.82) is 0 Å². The van der Waals surface area contributed by atoms with Crippen molar-refractivity contribution in [2.24, 2.45) is 5.41 Å². The Hall–Kier alpha value is -1.31. The number of hydrogen-bond acceptors (Lipinski definition) is 6. The first kappa shape index (κ1) is 19.0. The summed E-state index contributed by atoms with van der Waals surface area (Å²) in [5, 5.41) is 0. The van der Waals surface area contributed by atoms with Crippen molar-refractivity contribution >= 4 is 5.78 Å². The molecule has 1 saturated heterocycles. The van der Waals surface area contributed by atoms with Gasteiger partial charge in [0, 0.05) is 40.3 Å². The first-order valence-corrected chi connectivity index (χ1v) is 8.13. The molecule has 1 aliphatic heterocycles. The SMILES string of the molecule is COCOCC1(COCOC)CN(Cc2ccccc2)CCC1=O. The Morgan fingerprint density at radius 3 is 2.25 bits per heavy atom. The monoisotopic (exact) mass is 337 g/mol. The molecular weight excluding hydrogens is 310 g/mol. The molecule has 2 rings (SSSR count). The van der Waals surface area contributed by atoms with Gasteiger partial charge in [0.25, 0.3) is 0 Å². The van der Waals surface area contributed by atoms with Crippen LogP contribution in [0.25, 0.3) is 0 Å². The fraction of sp³-hybridized carbons (Fsp3) is 0.611. The second kappa shape index (κ2) is 9.86. The summed E-state index contributed by atoms with van der Waals surface area (Å²) in [6.07, 6.45) is 0.500. The summed E-state index contributed by atoms with van der Waals surface area (Å²) in [7, 11) is 3.14. The Morgan fingerprint density at radius 1 is 1.04 bits per heavy atom. The predicted octanol–water partition coefficient (Wildman–Crippen LogP) is 1.69. The second-order valence-electron chi connectivity index (χ2n) is 6.16. The van der Waals surface area contributed by atoms with Gasteiger partial charge in [-0.3, -0.25) is 9.69 Å². The maximum atomic E-state index is 12.6. The van der Waals surface area contributed by atoms with Gasteiger partial charge in [-0.2, -0.15) is 0 Å². The van der Waals surface area contributed by atoms with Crippen LogP contribution in [0, 0.1) is 5.41 Å². The Balaban J connectivity index is 2.04. The van der Waals surface area contributed by atoms with Gasteiger partial charge >= 0.3 is 0 Å². The van der Waals surface area contributed by atoms with Crippen LogP contribution >= 0.6 is 0 Å². The maximum Gasteiger partial charge on any atom is 0.146 e. The lowest BCUT2D eigenvalue weighted by molar-refractivity contribution is -0.157. The van der Waals surface area contributed by atoms with Crippen molar-refractivity contribution in [3.8, 4) is 0 Å². The van der Waals surface area contributed by atoms with Crippen LogP contribution < -0.4 is 0 Å². The van der Waals surface area contributed by atoms with Gasteiger partial charge in [-0.05, 0) is 5.56 Å². The average Bonchev–Trinajstić information content (AvgIpc) is 2.59. The average molecular weight is 337 g/mol. The second-order valence-corrected chi connectivity index (χ2v) is 6.16. The number of carbonyl (C=O) groups is 1. The number of hydrogen-bond donors (Lipinski definition) is 0. The minimum atomic E-state index is -0.676.